The van der Waals surface area contributed by atoms with Crippen molar-refractivity contribution >= 4 is 38.6 Å². The monoisotopic (exact) mass is 388 g/mol. The van der Waals surface area contributed by atoms with Crippen LogP contribution in [0, 0.1) is 0 Å². The summed E-state index contributed by atoms with van der Waals surface area (Å²) < 4.78 is 1.13. The molecule has 106 valence electrons. The van der Waals surface area contributed by atoms with Gasteiger partial charge in [-0.05, 0) is 30.7 Å². The van der Waals surface area contributed by atoms with E-state index in [4.69, 9.17) is 0 Å². The Bertz CT molecular complexity index is 390. The first-order chi connectivity index (χ1) is 8.79. The highest BCUT2D eigenvalue weighted by atomic mass is 79.9. The summed E-state index contributed by atoms with van der Waals surface area (Å²) in [5.41, 5.74) is 1.26. The van der Waals surface area contributed by atoms with Crippen LogP contribution in [0.3, 0.4) is 0 Å². The lowest BCUT2D eigenvalue weighted by atomic mass is 10.2. The van der Waals surface area contributed by atoms with Crippen LogP contribution < -0.4 is 4.90 Å². The SMILES string of the molecule is Br.CCCCCCN1C=CN(c2ccc(Br)cc2)C1. The maximum atomic E-state index is 3.47. The third-order valence-electron chi connectivity index (χ3n) is 3.25. The normalized spacial score (nSPS) is 13.8. The predicted octanol–water partition coefficient (Wildman–Crippen LogP) is 5.16. The topological polar surface area (TPSA) is 6.48 Å². The molecule has 0 aliphatic carbocycles. The minimum absolute atomic E-state index is 0. The molecule has 0 unspecified atom stereocenters. The number of anilines is 1. The van der Waals surface area contributed by atoms with E-state index in [0.29, 0.717) is 0 Å². The molecule has 0 atom stereocenters. The fraction of sp³-hybridized carbons (Fsp3) is 0.467. The number of nitrogens with zero attached hydrogens (tertiary/aromatic N) is 2. The van der Waals surface area contributed by atoms with Crippen LogP contribution in [0.4, 0.5) is 5.69 Å². The number of rotatable bonds is 6. The number of halogens is 2. The molecule has 0 fully saturated rings. The van der Waals surface area contributed by atoms with Crippen LogP contribution in [0.1, 0.15) is 32.6 Å². The van der Waals surface area contributed by atoms with Gasteiger partial charge >= 0.3 is 0 Å². The molecule has 4 heteroatoms. The van der Waals surface area contributed by atoms with Gasteiger partial charge in [-0.2, -0.15) is 0 Å². The summed E-state index contributed by atoms with van der Waals surface area (Å²) in [6.45, 7) is 4.41. The van der Waals surface area contributed by atoms with E-state index in [9.17, 15) is 0 Å². The fourth-order valence-electron chi connectivity index (χ4n) is 2.15. The summed E-state index contributed by atoms with van der Waals surface area (Å²) in [5.74, 6) is 0. The van der Waals surface area contributed by atoms with Crippen molar-refractivity contribution in [1.29, 1.82) is 0 Å². The molecule has 2 nitrogen and oxygen atoms in total. The van der Waals surface area contributed by atoms with Gasteiger partial charge in [-0.3, -0.25) is 0 Å². The highest BCUT2D eigenvalue weighted by molar-refractivity contribution is 9.10. The van der Waals surface area contributed by atoms with Gasteiger partial charge in [0.15, 0.2) is 0 Å². The molecule has 0 aromatic heterocycles. The number of benzene rings is 1. The zero-order chi connectivity index (χ0) is 12.8. The first kappa shape index (κ1) is 16.6. The molecule has 0 N–H and O–H groups in total. The smallest absolute Gasteiger partial charge is 0.0941 e. The molecule has 0 amide bonds. The third kappa shape index (κ3) is 5.19. The van der Waals surface area contributed by atoms with Crippen LogP contribution >= 0.6 is 32.9 Å². The van der Waals surface area contributed by atoms with Crippen LogP contribution in [-0.4, -0.2) is 18.1 Å². The second-order valence-electron chi connectivity index (χ2n) is 4.76. The minimum Gasteiger partial charge on any atom is -0.358 e. The average Bonchev–Trinajstić information content (AvgIpc) is 2.84. The Balaban J connectivity index is 0.00000180. The van der Waals surface area contributed by atoms with Crippen molar-refractivity contribution in [3.63, 3.8) is 0 Å². The van der Waals surface area contributed by atoms with Gasteiger partial charge in [-0.25, -0.2) is 0 Å². The zero-order valence-electron chi connectivity index (χ0n) is 11.4. The molecule has 1 aliphatic rings. The lowest BCUT2D eigenvalue weighted by Gasteiger charge is -2.21. The Morgan fingerprint density at radius 2 is 1.79 bits per heavy atom. The Morgan fingerprint density at radius 1 is 1.05 bits per heavy atom. The summed E-state index contributed by atoms with van der Waals surface area (Å²) in [7, 11) is 0. The molecule has 0 bridgehead atoms. The van der Waals surface area contributed by atoms with E-state index >= 15 is 0 Å². The highest BCUT2D eigenvalue weighted by Gasteiger charge is 2.12. The van der Waals surface area contributed by atoms with Crippen molar-refractivity contribution in [2.75, 3.05) is 18.1 Å². The number of unbranched alkanes of at least 4 members (excludes halogenated alkanes) is 3. The van der Waals surface area contributed by atoms with E-state index in [1.807, 2.05) is 0 Å². The van der Waals surface area contributed by atoms with Crippen LogP contribution in [0.25, 0.3) is 0 Å². The molecule has 1 aromatic rings. The molecule has 19 heavy (non-hydrogen) atoms. The Hall–Kier alpha value is -0.480. The maximum Gasteiger partial charge on any atom is 0.0941 e. The lowest BCUT2D eigenvalue weighted by molar-refractivity contribution is 0.390. The van der Waals surface area contributed by atoms with Gasteiger partial charge in [-0.1, -0.05) is 42.1 Å². The van der Waals surface area contributed by atoms with Crippen LogP contribution in [0.15, 0.2) is 41.1 Å². The van der Waals surface area contributed by atoms with Gasteiger partial charge in [0, 0.05) is 29.1 Å². The quantitative estimate of drug-likeness (QED) is 0.620. The first-order valence-corrected chi connectivity index (χ1v) is 7.53. The van der Waals surface area contributed by atoms with Crippen LogP contribution in [0.5, 0.6) is 0 Å². The van der Waals surface area contributed by atoms with E-state index in [1.165, 1.54) is 37.9 Å². The predicted molar refractivity (Wildman–Crippen MR) is 91.8 cm³/mol. The molecule has 2 rings (SSSR count). The molecule has 1 aliphatic heterocycles. The van der Waals surface area contributed by atoms with Crippen molar-refractivity contribution in [1.82, 2.24) is 4.90 Å². The highest BCUT2D eigenvalue weighted by Crippen LogP contribution is 2.21. The molecular weight excluding hydrogens is 368 g/mol. The summed E-state index contributed by atoms with van der Waals surface area (Å²) in [6.07, 6.45) is 9.68. The van der Waals surface area contributed by atoms with Crippen molar-refractivity contribution in [3.05, 3.63) is 41.1 Å². The van der Waals surface area contributed by atoms with Gasteiger partial charge in [0.05, 0.1) is 6.67 Å². The first-order valence-electron chi connectivity index (χ1n) is 6.74. The molecule has 1 heterocycles. The number of hydrogen-bond acceptors (Lipinski definition) is 2. The van der Waals surface area contributed by atoms with E-state index in [1.54, 1.807) is 0 Å². The van der Waals surface area contributed by atoms with Crippen molar-refractivity contribution < 1.29 is 0 Å². The van der Waals surface area contributed by atoms with Crippen molar-refractivity contribution in [2.45, 2.75) is 32.6 Å². The fourth-order valence-corrected chi connectivity index (χ4v) is 2.42. The maximum absolute atomic E-state index is 3.47. The largest absolute Gasteiger partial charge is 0.358 e. The molecule has 0 radical (unpaired) electrons. The van der Waals surface area contributed by atoms with Crippen LogP contribution in [0.2, 0.25) is 0 Å². The van der Waals surface area contributed by atoms with Gasteiger partial charge in [0.1, 0.15) is 0 Å². The second-order valence-corrected chi connectivity index (χ2v) is 5.67. The zero-order valence-corrected chi connectivity index (χ0v) is 14.7. The minimum atomic E-state index is 0. The standard InChI is InChI=1S/C15H21BrN2.BrH/c1-2-3-4-5-10-17-11-12-18(13-17)15-8-6-14(16)7-9-15;/h6-9,11-12H,2-5,10,13H2,1H3;1H. The summed E-state index contributed by atoms with van der Waals surface area (Å²) in [6, 6.07) is 8.48. The third-order valence-corrected chi connectivity index (χ3v) is 3.78. The molecule has 0 saturated carbocycles. The summed E-state index contributed by atoms with van der Waals surface area (Å²) >= 11 is 3.47. The van der Waals surface area contributed by atoms with E-state index in [-0.39, 0.29) is 17.0 Å². The van der Waals surface area contributed by atoms with Crippen molar-refractivity contribution in [3.8, 4) is 0 Å². The number of hydrogen-bond donors (Lipinski definition) is 0. The van der Waals surface area contributed by atoms with E-state index in [2.05, 4.69) is 69.3 Å². The second kappa shape index (κ2) is 8.64. The molecule has 0 spiro atoms. The molecule has 0 saturated heterocycles. The summed E-state index contributed by atoms with van der Waals surface area (Å²) in [5, 5.41) is 0. The van der Waals surface area contributed by atoms with Gasteiger partial charge in [-0.15, -0.1) is 17.0 Å². The van der Waals surface area contributed by atoms with E-state index < -0.39 is 0 Å². The molecule has 1 aromatic carbocycles. The Labute approximate surface area is 135 Å². The van der Waals surface area contributed by atoms with E-state index in [0.717, 1.165) is 11.1 Å². The van der Waals surface area contributed by atoms with Gasteiger partial charge in [0.25, 0.3) is 0 Å². The average molecular weight is 390 g/mol. The lowest BCUT2D eigenvalue weighted by Crippen LogP contribution is -2.25. The van der Waals surface area contributed by atoms with Gasteiger partial charge < -0.3 is 9.80 Å². The van der Waals surface area contributed by atoms with Crippen LogP contribution in [-0.2, 0) is 0 Å². The van der Waals surface area contributed by atoms with Crippen molar-refractivity contribution in [2.24, 2.45) is 0 Å². The Kier molecular flexibility index (Phi) is 7.54. The summed E-state index contributed by atoms with van der Waals surface area (Å²) in [4.78, 5) is 4.67. The van der Waals surface area contributed by atoms with Gasteiger partial charge in [0.2, 0.25) is 0 Å². The molecular formula is C15H22Br2N2. The Morgan fingerprint density at radius 3 is 2.47 bits per heavy atom.